The van der Waals surface area contributed by atoms with E-state index in [1.807, 2.05) is 25.1 Å². The van der Waals surface area contributed by atoms with Crippen LogP contribution >= 0.6 is 11.8 Å². The van der Waals surface area contributed by atoms with Crippen molar-refractivity contribution < 1.29 is 4.79 Å². The molecule has 1 aromatic heterocycles. The second-order valence-electron chi connectivity index (χ2n) is 4.95. The molecule has 1 amide bonds. The Balaban J connectivity index is 1.63. The van der Waals surface area contributed by atoms with Gasteiger partial charge >= 0.3 is 0 Å². The highest BCUT2D eigenvalue weighted by atomic mass is 32.2. The van der Waals surface area contributed by atoms with E-state index in [0.29, 0.717) is 5.75 Å². The highest BCUT2D eigenvalue weighted by Crippen LogP contribution is 2.32. The Bertz CT molecular complexity index is 379. The van der Waals surface area contributed by atoms with Crippen LogP contribution in [0.25, 0.3) is 0 Å². The Morgan fingerprint density at radius 3 is 3.06 bits per heavy atom. The normalized spacial score (nSPS) is 16.3. The fourth-order valence-electron chi connectivity index (χ4n) is 1.80. The first-order valence-corrected chi connectivity index (χ1v) is 7.66. The summed E-state index contributed by atoms with van der Waals surface area (Å²) in [6, 6.07) is 6.02. The number of nitrogens with one attached hydrogen (secondary N) is 1. The summed E-state index contributed by atoms with van der Waals surface area (Å²) in [5.74, 6) is 2.75. The number of hydrogen-bond donors (Lipinski definition) is 1. The number of hydrogen-bond acceptors (Lipinski definition) is 3. The molecule has 0 bridgehead atoms. The lowest BCUT2D eigenvalue weighted by molar-refractivity contribution is -0.119. The second-order valence-corrected chi connectivity index (χ2v) is 5.98. The number of pyridine rings is 1. The van der Waals surface area contributed by atoms with Gasteiger partial charge in [-0.05, 0) is 43.6 Å². The maximum atomic E-state index is 11.7. The lowest BCUT2D eigenvalue weighted by atomic mass is 10.1. The molecule has 1 aliphatic rings. The predicted molar refractivity (Wildman–Crippen MR) is 75.6 cm³/mol. The van der Waals surface area contributed by atoms with Crippen molar-refractivity contribution in [3.63, 3.8) is 0 Å². The third-order valence-corrected chi connectivity index (χ3v) is 4.11. The van der Waals surface area contributed by atoms with Crippen molar-refractivity contribution in [2.45, 2.75) is 32.2 Å². The summed E-state index contributed by atoms with van der Waals surface area (Å²) in [4.78, 5) is 16.0. The number of carbonyl (C=O) groups excluding carboxylic acids is 1. The van der Waals surface area contributed by atoms with Crippen LogP contribution in [0.1, 0.15) is 25.5 Å². The Kier molecular flexibility index (Phi) is 5.05. The molecule has 1 atom stereocenters. The summed E-state index contributed by atoms with van der Waals surface area (Å²) in [5, 5.41) is 3.02. The zero-order chi connectivity index (χ0) is 12.8. The van der Waals surface area contributed by atoms with Crippen molar-refractivity contribution >= 4 is 17.7 Å². The molecule has 1 fully saturated rings. The first-order chi connectivity index (χ1) is 8.74. The molecule has 0 aliphatic heterocycles. The van der Waals surface area contributed by atoms with E-state index in [9.17, 15) is 4.79 Å². The second kappa shape index (κ2) is 6.78. The summed E-state index contributed by atoms with van der Waals surface area (Å²) in [6.07, 6.45) is 5.28. The van der Waals surface area contributed by atoms with Gasteiger partial charge in [0.15, 0.2) is 0 Å². The predicted octanol–water partition coefficient (Wildman–Crippen LogP) is 2.27. The van der Waals surface area contributed by atoms with Crippen LogP contribution in [0.5, 0.6) is 0 Å². The van der Waals surface area contributed by atoms with Crippen molar-refractivity contribution in [1.29, 1.82) is 0 Å². The van der Waals surface area contributed by atoms with Gasteiger partial charge in [-0.25, -0.2) is 0 Å². The van der Waals surface area contributed by atoms with Crippen molar-refractivity contribution in [2.24, 2.45) is 5.92 Å². The number of amides is 1. The molecule has 18 heavy (non-hydrogen) atoms. The van der Waals surface area contributed by atoms with E-state index in [4.69, 9.17) is 0 Å². The van der Waals surface area contributed by atoms with Crippen molar-refractivity contribution in [2.75, 3.05) is 11.5 Å². The van der Waals surface area contributed by atoms with Gasteiger partial charge in [-0.15, -0.1) is 0 Å². The van der Waals surface area contributed by atoms with E-state index in [0.717, 1.165) is 23.8 Å². The molecule has 4 heteroatoms. The summed E-state index contributed by atoms with van der Waals surface area (Å²) < 4.78 is 0. The lowest BCUT2D eigenvalue weighted by Gasteiger charge is -2.13. The maximum Gasteiger partial charge on any atom is 0.230 e. The van der Waals surface area contributed by atoms with E-state index < -0.39 is 0 Å². The molecular weight excluding hydrogens is 244 g/mol. The van der Waals surface area contributed by atoms with Crippen LogP contribution in [0.15, 0.2) is 24.4 Å². The third-order valence-electron chi connectivity index (χ3n) is 2.93. The Hall–Kier alpha value is -1.03. The average molecular weight is 264 g/mol. The summed E-state index contributed by atoms with van der Waals surface area (Å²) in [7, 11) is 0. The first-order valence-electron chi connectivity index (χ1n) is 6.51. The molecule has 1 saturated carbocycles. The van der Waals surface area contributed by atoms with Gasteiger partial charge in [0.25, 0.3) is 0 Å². The minimum atomic E-state index is 0.143. The molecule has 1 aliphatic carbocycles. The minimum absolute atomic E-state index is 0.143. The van der Waals surface area contributed by atoms with E-state index >= 15 is 0 Å². The lowest BCUT2D eigenvalue weighted by Crippen LogP contribution is -2.35. The van der Waals surface area contributed by atoms with Crippen LogP contribution in [0.3, 0.4) is 0 Å². The summed E-state index contributed by atoms with van der Waals surface area (Å²) in [6.45, 7) is 2.03. The zero-order valence-electron chi connectivity index (χ0n) is 10.8. The summed E-state index contributed by atoms with van der Waals surface area (Å²) >= 11 is 1.75. The largest absolute Gasteiger partial charge is 0.353 e. The van der Waals surface area contributed by atoms with Gasteiger partial charge in [0.05, 0.1) is 5.75 Å². The first kappa shape index (κ1) is 13.4. The highest BCUT2D eigenvalue weighted by molar-refractivity contribution is 7.99. The third kappa shape index (κ3) is 5.08. The summed E-state index contributed by atoms with van der Waals surface area (Å²) in [5.41, 5.74) is 1.02. The van der Waals surface area contributed by atoms with Crippen molar-refractivity contribution in [3.05, 3.63) is 30.1 Å². The fourth-order valence-corrected chi connectivity index (χ4v) is 2.86. The standard InChI is InChI=1S/C14H20N2OS/c1-11(8-13-4-2-3-7-15-13)16-14(17)10-18-9-12-5-6-12/h2-4,7,11-12H,5-6,8-10H2,1H3,(H,16,17). The van der Waals surface area contributed by atoms with Crippen LogP contribution in [-0.4, -0.2) is 28.4 Å². The number of nitrogens with zero attached hydrogens (tertiary/aromatic N) is 1. The molecule has 0 saturated heterocycles. The SMILES string of the molecule is CC(Cc1ccccn1)NC(=O)CSCC1CC1. The Morgan fingerprint density at radius 1 is 1.56 bits per heavy atom. The Morgan fingerprint density at radius 2 is 2.39 bits per heavy atom. The quantitative estimate of drug-likeness (QED) is 0.821. The smallest absolute Gasteiger partial charge is 0.230 e. The van der Waals surface area contributed by atoms with Crippen LogP contribution < -0.4 is 5.32 Å². The minimum Gasteiger partial charge on any atom is -0.353 e. The molecule has 0 aromatic carbocycles. The van der Waals surface area contributed by atoms with Gasteiger partial charge in [0.1, 0.15) is 0 Å². The van der Waals surface area contributed by atoms with Gasteiger partial charge in [-0.1, -0.05) is 6.07 Å². The van der Waals surface area contributed by atoms with E-state index in [-0.39, 0.29) is 11.9 Å². The van der Waals surface area contributed by atoms with E-state index in [1.54, 1.807) is 18.0 Å². The fraction of sp³-hybridized carbons (Fsp3) is 0.571. The van der Waals surface area contributed by atoms with Gasteiger partial charge in [-0.2, -0.15) is 11.8 Å². The number of aromatic nitrogens is 1. The van der Waals surface area contributed by atoms with Crippen LogP contribution in [0, 0.1) is 5.92 Å². The molecule has 1 unspecified atom stereocenters. The molecule has 0 radical (unpaired) electrons. The number of thioether (sulfide) groups is 1. The molecule has 0 spiro atoms. The maximum absolute atomic E-state index is 11.7. The Labute approximate surface area is 113 Å². The van der Waals surface area contributed by atoms with Gasteiger partial charge in [0, 0.05) is 24.4 Å². The monoisotopic (exact) mass is 264 g/mol. The highest BCUT2D eigenvalue weighted by Gasteiger charge is 2.21. The van der Waals surface area contributed by atoms with E-state index in [2.05, 4.69) is 10.3 Å². The van der Waals surface area contributed by atoms with Gasteiger partial charge in [0.2, 0.25) is 5.91 Å². The van der Waals surface area contributed by atoms with E-state index in [1.165, 1.54) is 12.8 Å². The number of carbonyl (C=O) groups is 1. The van der Waals surface area contributed by atoms with Crippen LogP contribution in [-0.2, 0) is 11.2 Å². The average Bonchev–Trinajstić information content (AvgIpc) is 3.14. The molecule has 98 valence electrons. The molecule has 1 N–H and O–H groups in total. The topological polar surface area (TPSA) is 42.0 Å². The zero-order valence-corrected chi connectivity index (χ0v) is 11.6. The van der Waals surface area contributed by atoms with Gasteiger partial charge in [-0.3, -0.25) is 9.78 Å². The van der Waals surface area contributed by atoms with Crippen LogP contribution in [0.2, 0.25) is 0 Å². The molecule has 2 rings (SSSR count). The van der Waals surface area contributed by atoms with Crippen molar-refractivity contribution in [3.8, 4) is 0 Å². The van der Waals surface area contributed by atoms with Crippen molar-refractivity contribution in [1.82, 2.24) is 10.3 Å². The molecule has 1 heterocycles. The molecular formula is C14H20N2OS. The molecule has 1 aromatic rings. The number of rotatable bonds is 7. The van der Waals surface area contributed by atoms with Gasteiger partial charge < -0.3 is 5.32 Å². The molecule has 3 nitrogen and oxygen atoms in total. The van der Waals surface area contributed by atoms with Crippen LogP contribution in [0.4, 0.5) is 0 Å².